The molecule has 242 valence electrons. The average molecular weight is 579 g/mol. The SMILES string of the molecule is CCC/C=C\CCCCCCCC(=O)OC(CCCCCCCCCCCCCCC)CCCCCCCC(=O)O. The van der Waals surface area contributed by atoms with Crippen LogP contribution in [0.5, 0.6) is 0 Å². The lowest BCUT2D eigenvalue weighted by Crippen LogP contribution is -2.18. The lowest BCUT2D eigenvalue weighted by atomic mass is 10.0. The van der Waals surface area contributed by atoms with Crippen LogP contribution < -0.4 is 0 Å². The number of esters is 1. The van der Waals surface area contributed by atoms with Crippen LogP contribution in [0.15, 0.2) is 12.2 Å². The predicted octanol–water partition coefficient (Wildman–Crippen LogP) is 12.3. The Bertz CT molecular complexity index is 585. The first-order chi connectivity index (χ1) is 20.1. The molecule has 0 aliphatic rings. The highest BCUT2D eigenvalue weighted by atomic mass is 16.5. The van der Waals surface area contributed by atoms with Crippen molar-refractivity contribution in [2.24, 2.45) is 0 Å². The molecule has 1 N–H and O–H groups in total. The van der Waals surface area contributed by atoms with E-state index >= 15 is 0 Å². The van der Waals surface area contributed by atoms with Crippen LogP contribution in [0.2, 0.25) is 0 Å². The molecule has 0 amide bonds. The van der Waals surface area contributed by atoms with Crippen molar-refractivity contribution < 1.29 is 19.4 Å². The van der Waals surface area contributed by atoms with E-state index in [-0.39, 0.29) is 18.5 Å². The molecule has 4 nitrogen and oxygen atoms in total. The topological polar surface area (TPSA) is 63.6 Å². The van der Waals surface area contributed by atoms with Gasteiger partial charge in [0.15, 0.2) is 0 Å². The van der Waals surface area contributed by atoms with Gasteiger partial charge in [-0.05, 0) is 57.8 Å². The highest BCUT2D eigenvalue weighted by molar-refractivity contribution is 5.69. The van der Waals surface area contributed by atoms with Crippen molar-refractivity contribution in [2.45, 2.75) is 213 Å². The maximum atomic E-state index is 12.6. The van der Waals surface area contributed by atoms with Crippen molar-refractivity contribution in [2.75, 3.05) is 0 Å². The van der Waals surface area contributed by atoms with E-state index < -0.39 is 5.97 Å². The summed E-state index contributed by atoms with van der Waals surface area (Å²) in [5, 5.41) is 8.79. The molecule has 41 heavy (non-hydrogen) atoms. The lowest BCUT2D eigenvalue weighted by molar-refractivity contribution is -0.150. The second-order valence-electron chi connectivity index (χ2n) is 12.4. The van der Waals surface area contributed by atoms with Gasteiger partial charge in [0.1, 0.15) is 6.10 Å². The molecular weight excluding hydrogens is 508 g/mol. The minimum Gasteiger partial charge on any atom is -0.481 e. The maximum Gasteiger partial charge on any atom is 0.306 e. The third-order valence-corrected chi connectivity index (χ3v) is 8.22. The van der Waals surface area contributed by atoms with E-state index in [9.17, 15) is 9.59 Å². The summed E-state index contributed by atoms with van der Waals surface area (Å²) in [6, 6.07) is 0. The zero-order chi connectivity index (χ0) is 30.1. The number of carboxylic acids is 1. The summed E-state index contributed by atoms with van der Waals surface area (Å²) in [5.74, 6) is -0.706. The Morgan fingerprint density at radius 1 is 0.512 bits per heavy atom. The van der Waals surface area contributed by atoms with Gasteiger partial charge in [0.2, 0.25) is 0 Å². The van der Waals surface area contributed by atoms with Gasteiger partial charge in [0.25, 0.3) is 0 Å². The van der Waals surface area contributed by atoms with Gasteiger partial charge >= 0.3 is 11.9 Å². The number of hydrogen-bond donors (Lipinski definition) is 1. The molecular formula is C37H70O4. The van der Waals surface area contributed by atoms with Gasteiger partial charge in [-0.1, -0.05) is 148 Å². The predicted molar refractivity (Wildman–Crippen MR) is 177 cm³/mol. The number of hydrogen-bond acceptors (Lipinski definition) is 3. The summed E-state index contributed by atoms with van der Waals surface area (Å²) in [7, 11) is 0. The van der Waals surface area contributed by atoms with Gasteiger partial charge in [-0.15, -0.1) is 0 Å². The number of carboxylic acid groups (broad SMARTS) is 1. The molecule has 0 fully saturated rings. The molecule has 0 aromatic rings. The Hall–Kier alpha value is -1.32. The molecule has 0 radical (unpaired) electrons. The second kappa shape index (κ2) is 33.2. The normalized spacial score (nSPS) is 12.2. The summed E-state index contributed by atoms with van der Waals surface area (Å²) in [4.78, 5) is 23.3. The number of carbonyl (C=O) groups is 2. The second-order valence-corrected chi connectivity index (χ2v) is 12.4. The van der Waals surface area contributed by atoms with Crippen LogP contribution in [0.25, 0.3) is 0 Å². The monoisotopic (exact) mass is 579 g/mol. The van der Waals surface area contributed by atoms with Crippen LogP contribution in [0.1, 0.15) is 206 Å². The molecule has 0 aromatic heterocycles. The van der Waals surface area contributed by atoms with Gasteiger partial charge in [-0.25, -0.2) is 0 Å². The van der Waals surface area contributed by atoms with Crippen LogP contribution in [0, 0.1) is 0 Å². The van der Waals surface area contributed by atoms with Crippen molar-refractivity contribution in [3.63, 3.8) is 0 Å². The van der Waals surface area contributed by atoms with Crippen LogP contribution in [0.3, 0.4) is 0 Å². The average Bonchev–Trinajstić information content (AvgIpc) is 2.95. The van der Waals surface area contributed by atoms with Crippen molar-refractivity contribution in [3.8, 4) is 0 Å². The van der Waals surface area contributed by atoms with Gasteiger partial charge in [0, 0.05) is 12.8 Å². The summed E-state index contributed by atoms with van der Waals surface area (Å²) < 4.78 is 5.97. The fraction of sp³-hybridized carbons (Fsp3) is 0.892. The Morgan fingerprint density at radius 3 is 1.41 bits per heavy atom. The maximum absolute atomic E-state index is 12.6. The number of carbonyl (C=O) groups excluding carboxylic acids is 1. The molecule has 1 unspecified atom stereocenters. The number of rotatable bonds is 33. The Labute approximate surface area is 255 Å². The van der Waals surface area contributed by atoms with Crippen LogP contribution in [-0.2, 0) is 14.3 Å². The largest absolute Gasteiger partial charge is 0.481 e. The highest BCUT2D eigenvalue weighted by Gasteiger charge is 2.14. The van der Waals surface area contributed by atoms with Crippen LogP contribution in [-0.4, -0.2) is 23.1 Å². The van der Waals surface area contributed by atoms with E-state index in [0.717, 1.165) is 64.2 Å². The summed E-state index contributed by atoms with van der Waals surface area (Å²) in [6.07, 6.45) is 39.4. The first kappa shape index (κ1) is 39.7. The number of ether oxygens (including phenoxy) is 1. The van der Waals surface area contributed by atoms with Crippen molar-refractivity contribution >= 4 is 11.9 Å². The fourth-order valence-corrected chi connectivity index (χ4v) is 5.54. The third-order valence-electron chi connectivity index (χ3n) is 8.22. The summed E-state index contributed by atoms with van der Waals surface area (Å²) >= 11 is 0. The number of unbranched alkanes of at least 4 members (excludes halogenated alkanes) is 22. The van der Waals surface area contributed by atoms with E-state index in [1.165, 1.54) is 116 Å². The number of aliphatic carboxylic acids is 1. The van der Waals surface area contributed by atoms with Gasteiger partial charge in [-0.3, -0.25) is 9.59 Å². The quantitative estimate of drug-likeness (QED) is 0.0478. The first-order valence-corrected chi connectivity index (χ1v) is 18.2. The minimum atomic E-state index is -0.700. The van der Waals surface area contributed by atoms with Gasteiger partial charge in [0.05, 0.1) is 0 Å². The highest BCUT2D eigenvalue weighted by Crippen LogP contribution is 2.19. The Morgan fingerprint density at radius 2 is 0.927 bits per heavy atom. The molecule has 0 saturated heterocycles. The van der Waals surface area contributed by atoms with Crippen molar-refractivity contribution in [1.29, 1.82) is 0 Å². The molecule has 0 aromatic carbocycles. The zero-order valence-electron chi connectivity index (χ0n) is 27.6. The molecule has 0 saturated carbocycles. The molecule has 4 heteroatoms. The van der Waals surface area contributed by atoms with Crippen molar-refractivity contribution in [3.05, 3.63) is 12.2 Å². The first-order valence-electron chi connectivity index (χ1n) is 18.2. The van der Waals surface area contributed by atoms with E-state index in [4.69, 9.17) is 9.84 Å². The smallest absolute Gasteiger partial charge is 0.306 e. The van der Waals surface area contributed by atoms with E-state index in [1.807, 2.05) is 0 Å². The zero-order valence-corrected chi connectivity index (χ0v) is 27.6. The fourth-order valence-electron chi connectivity index (χ4n) is 5.54. The summed E-state index contributed by atoms with van der Waals surface area (Å²) in [5.41, 5.74) is 0. The van der Waals surface area contributed by atoms with E-state index in [2.05, 4.69) is 26.0 Å². The van der Waals surface area contributed by atoms with Crippen molar-refractivity contribution in [1.82, 2.24) is 0 Å². The Balaban J connectivity index is 4.05. The third kappa shape index (κ3) is 33.1. The molecule has 1 atom stereocenters. The molecule has 0 spiro atoms. The standard InChI is InChI=1S/C37H70O4/c1-3-5-7-9-11-13-15-16-17-18-20-23-27-31-35(32-28-24-22-25-29-33-36(38)39)41-37(40)34-30-26-21-19-14-12-10-8-6-4-2/h8,10,35H,3-7,9,11-34H2,1-2H3,(H,38,39)/b10-8-. The van der Waals surface area contributed by atoms with Gasteiger partial charge in [-0.2, -0.15) is 0 Å². The molecule has 0 aliphatic heterocycles. The van der Waals surface area contributed by atoms with Crippen LogP contribution >= 0.6 is 0 Å². The molecule has 0 aliphatic carbocycles. The molecule has 0 heterocycles. The van der Waals surface area contributed by atoms with Crippen LogP contribution in [0.4, 0.5) is 0 Å². The number of allylic oxidation sites excluding steroid dienone is 2. The van der Waals surface area contributed by atoms with Gasteiger partial charge < -0.3 is 9.84 Å². The minimum absolute atomic E-state index is 0.00588. The van der Waals surface area contributed by atoms with E-state index in [0.29, 0.717) is 6.42 Å². The lowest BCUT2D eigenvalue weighted by Gasteiger charge is -2.18. The van der Waals surface area contributed by atoms with E-state index in [1.54, 1.807) is 0 Å². The molecule has 0 rings (SSSR count). The Kier molecular flexibility index (Phi) is 32.1. The molecule has 0 bridgehead atoms. The summed E-state index contributed by atoms with van der Waals surface area (Å²) in [6.45, 7) is 4.49.